The van der Waals surface area contributed by atoms with Crippen LogP contribution in [0.3, 0.4) is 0 Å². The number of rotatable bonds is 4. The molecule has 2 atom stereocenters. The van der Waals surface area contributed by atoms with Gasteiger partial charge in [-0.1, -0.05) is 19.1 Å². The summed E-state index contributed by atoms with van der Waals surface area (Å²) in [4.78, 5) is 27.8. The predicted molar refractivity (Wildman–Crippen MR) is 94.4 cm³/mol. The molecule has 0 unspecified atom stereocenters. The maximum Gasteiger partial charge on any atom is 0.335 e. The third kappa shape index (κ3) is 4.08. The number of benzene rings is 1. The molecule has 1 aromatic carbocycles. The average Bonchev–Trinajstić information content (AvgIpc) is 2.65. The number of likely N-dealkylation sites (tertiary alicyclic amines) is 1. The Hall–Kier alpha value is -2.18. The normalized spacial score (nSPS) is 24.3. The topological polar surface area (TPSA) is 70.1 Å². The molecule has 2 fully saturated rings. The highest BCUT2D eigenvalue weighted by Gasteiger charge is 2.38. The Kier molecular flexibility index (Phi) is 5.50. The molecule has 1 amide bonds. The van der Waals surface area contributed by atoms with Crippen LogP contribution in [-0.2, 0) is 9.53 Å². The Morgan fingerprint density at radius 1 is 1.28 bits per heavy atom. The van der Waals surface area contributed by atoms with Crippen LogP contribution < -0.4 is 0 Å². The molecule has 0 bridgehead atoms. The second kappa shape index (κ2) is 7.80. The Balaban J connectivity index is 1.67. The van der Waals surface area contributed by atoms with Gasteiger partial charge in [0.1, 0.15) is 0 Å². The van der Waals surface area contributed by atoms with Gasteiger partial charge in [-0.15, -0.1) is 0 Å². The summed E-state index contributed by atoms with van der Waals surface area (Å²) in [6.07, 6.45) is 4.40. The number of hydrogen-bond donors (Lipinski definition) is 1. The molecule has 134 valence electrons. The fraction of sp³-hybridized carbons (Fsp3) is 0.474. The van der Waals surface area contributed by atoms with Gasteiger partial charge < -0.3 is 19.6 Å². The molecular weight excluding hydrogens is 320 g/mol. The van der Waals surface area contributed by atoms with Crippen LogP contribution in [0.5, 0.6) is 0 Å². The van der Waals surface area contributed by atoms with Crippen molar-refractivity contribution in [1.29, 1.82) is 0 Å². The summed E-state index contributed by atoms with van der Waals surface area (Å²) >= 11 is 0. The van der Waals surface area contributed by atoms with E-state index in [2.05, 4.69) is 11.8 Å². The molecule has 2 aliphatic heterocycles. The molecule has 1 aromatic rings. The Morgan fingerprint density at radius 2 is 2.04 bits per heavy atom. The Bertz CT molecular complexity index is 656. The number of nitrogens with zero attached hydrogens (tertiary/aromatic N) is 2. The van der Waals surface area contributed by atoms with Crippen LogP contribution in [0, 0.1) is 0 Å². The maximum atomic E-state index is 12.7. The maximum absolute atomic E-state index is 12.7. The summed E-state index contributed by atoms with van der Waals surface area (Å²) in [5.41, 5.74) is 1.04. The third-order valence-corrected chi connectivity index (χ3v) is 4.97. The molecule has 2 heterocycles. The van der Waals surface area contributed by atoms with Gasteiger partial charge in [-0.05, 0) is 36.7 Å². The number of carbonyl (C=O) groups is 2. The van der Waals surface area contributed by atoms with Crippen LogP contribution in [0.2, 0.25) is 0 Å². The standard InChI is InChI=1S/C19H24N2O4/c1-2-20-10-9-17-16(13-20)21(11-12-25-17)18(22)8-5-14-3-6-15(7-4-14)19(23)24/h3-8,16-17H,2,9-13H2,1H3,(H,23,24)/b8-5+/t16-,17+/m0/s1. The van der Waals surface area contributed by atoms with E-state index in [4.69, 9.17) is 9.84 Å². The molecule has 6 nitrogen and oxygen atoms in total. The number of carboxylic acids is 1. The molecule has 3 rings (SSSR count). The van der Waals surface area contributed by atoms with E-state index in [-0.39, 0.29) is 23.6 Å². The number of amides is 1. The summed E-state index contributed by atoms with van der Waals surface area (Å²) in [5, 5.41) is 8.92. The van der Waals surface area contributed by atoms with E-state index in [0.29, 0.717) is 13.2 Å². The molecule has 1 N–H and O–H groups in total. The van der Waals surface area contributed by atoms with Gasteiger partial charge in [-0.25, -0.2) is 4.79 Å². The van der Waals surface area contributed by atoms with Crippen molar-refractivity contribution in [2.24, 2.45) is 0 Å². The SMILES string of the molecule is CCN1CC[C@H]2OCCN(C(=O)/C=C/c3ccc(C(=O)O)cc3)[C@H]2C1. The van der Waals surface area contributed by atoms with Gasteiger partial charge in [0, 0.05) is 25.7 Å². The largest absolute Gasteiger partial charge is 0.478 e. The number of fused-ring (bicyclic) bond motifs is 1. The van der Waals surface area contributed by atoms with Gasteiger partial charge >= 0.3 is 5.97 Å². The van der Waals surface area contributed by atoms with Crippen LogP contribution in [0.15, 0.2) is 30.3 Å². The Morgan fingerprint density at radius 3 is 2.72 bits per heavy atom. The van der Waals surface area contributed by atoms with Crippen molar-refractivity contribution in [3.63, 3.8) is 0 Å². The van der Waals surface area contributed by atoms with Gasteiger partial charge in [0.25, 0.3) is 0 Å². The number of likely N-dealkylation sites (N-methyl/N-ethyl adjacent to an activating group) is 1. The molecule has 6 heteroatoms. The molecule has 25 heavy (non-hydrogen) atoms. The lowest BCUT2D eigenvalue weighted by Crippen LogP contribution is -2.61. The van der Waals surface area contributed by atoms with E-state index < -0.39 is 5.97 Å². The van der Waals surface area contributed by atoms with Crippen molar-refractivity contribution in [1.82, 2.24) is 9.80 Å². The minimum Gasteiger partial charge on any atom is -0.478 e. The van der Waals surface area contributed by atoms with Crippen LogP contribution >= 0.6 is 0 Å². The molecule has 0 aromatic heterocycles. The minimum atomic E-state index is -0.955. The van der Waals surface area contributed by atoms with Crippen LogP contribution in [-0.4, -0.2) is 71.7 Å². The van der Waals surface area contributed by atoms with Crippen LogP contribution in [0.4, 0.5) is 0 Å². The lowest BCUT2D eigenvalue weighted by molar-refractivity contribution is -0.147. The number of piperidine rings is 1. The quantitative estimate of drug-likeness (QED) is 0.842. The predicted octanol–water partition coefficient (Wildman–Crippen LogP) is 1.72. The number of aromatic carboxylic acids is 1. The fourth-order valence-corrected chi connectivity index (χ4v) is 3.50. The molecule has 0 aliphatic carbocycles. The van der Waals surface area contributed by atoms with Gasteiger partial charge in [-0.2, -0.15) is 0 Å². The number of carboxylic acid groups (broad SMARTS) is 1. The summed E-state index contributed by atoms with van der Waals surface area (Å²) < 4.78 is 5.85. The molecule has 0 saturated carbocycles. The first-order valence-corrected chi connectivity index (χ1v) is 8.74. The van der Waals surface area contributed by atoms with Crippen molar-refractivity contribution in [3.8, 4) is 0 Å². The van der Waals surface area contributed by atoms with Gasteiger partial charge in [0.15, 0.2) is 0 Å². The summed E-state index contributed by atoms with van der Waals surface area (Å²) in [6, 6.07) is 6.59. The molecule has 0 radical (unpaired) electrons. The number of ether oxygens (including phenoxy) is 1. The molecule has 2 saturated heterocycles. The zero-order chi connectivity index (χ0) is 17.8. The number of morpholine rings is 1. The second-order valence-corrected chi connectivity index (χ2v) is 6.45. The van der Waals surface area contributed by atoms with E-state index >= 15 is 0 Å². The van der Waals surface area contributed by atoms with E-state index in [1.807, 2.05) is 4.90 Å². The molecule has 2 aliphatic rings. The van der Waals surface area contributed by atoms with E-state index in [1.54, 1.807) is 24.3 Å². The highest BCUT2D eigenvalue weighted by Crippen LogP contribution is 2.23. The molecule has 0 spiro atoms. The summed E-state index contributed by atoms with van der Waals surface area (Å²) in [7, 11) is 0. The van der Waals surface area contributed by atoms with E-state index in [9.17, 15) is 9.59 Å². The fourth-order valence-electron chi connectivity index (χ4n) is 3.50. The highest BCUT2D eigenvalue weighted by atomic mass is 16.5. The van der Waals surface area contributed by atoms with E-state index in [0.717, 1.165) is 31.6 Å². The Labute approximate surface area is 147 Å². The third-order valence-electron chi connectivity index (χ3n) is 4.97. The highest BCUT2D eigenvalue weighted by molar-refractivity contribution is 5.92. The summed E-state index contributed by atoms with van der Waals surface area (Å²) in [5.74, 6) is -0.970. The first-order chi connectivity index (χ1) is 12.1. The molecular formula is C19H24N2O4. The van der Waals surface area contributed by atoms with E-state index in [1.165, 1.54) is 12.1 Å². The zero-order valence-electron chi connectivity index (χ0n) is 14.4. The zero-order valence-corrected chi connectivity index (χ0v) is 14.4. The second-order valence-electron chi connectivity index (χ2n) is 6.45. The van der Waals surface area contributed by atoms with Crippen molar-refractivity contribution in [3.05, 3.63) is 41.5 Å². The van der Waals surface area contributed by atoms with Crippen molar-refractivity contribution < 1.29 is 19.4 Å². The number of carbonyl (C=O) groups excluding carboxylic acids is 1. The van der Waals surface area contributed by atoms with Gasteiger partial charge in [-0.3, -0.25) is 4.79 Å². The minimum absolute atomic E-state index is 0.0152. The smallest absolute Gasteiger partial charge is 0.335 e. The van der Waals surface area contributed by atoms with Crippen molar-refractivity contribution >= 4 is 18.0 Å². The lowest BCUT2D eigenvalue weighted by atomic mass is 9.98. The van der Waals surface area contributed by atoms with Crippen molar-refractivity contribution in [2.75, 3.05) is 32.8 Å². The van der Waals surface area contributed by atoms with Crippen LogP contribution in [0.1, 0.15) is 29.3 Å². The number of hydrogen-bond acceptors (Lipinski definition) is 4. The lowest BCUT2D eigenvalue weighted by Gasteiger charge is -2.46. The summed E-state index contributed by atoms with van der Waals surface area (Å²) in [6.45, 7) is 6.19. The first-order valence-electron chi connectivity index (χ1n) is 8.74. The van der Waals surface area contributed by atoms with Gasteiger partial charge in [0.05, 0.1) is 24.3 Å². The monoisotopic (exact) mass is 344 g/mol. The average molecular weight is 344 g/mol. The van der Waals surface area contributed by atoms with Crippen molar-refractivity contribution in [2.45, 2.75) is 25.5 Å². The first kappa shape index (κ1) is 17.6. The van der Waals surface area contributed by atoms with Gasteiger partial charge in [0.2, 0.25) is 5.91 Å². The van der Waals surface area contributed by atoms with Crippen LogP contribution in [0.25, 0.3) is 6.08 Å².